The van der Waals surface area contributed by atoms with Crippen molar-refractivity contribution in [2.75, 3.05) is 38.6 Å². The number of Topliss-reactive ketones (excluding diaryl/α,β-unsaturated/α-hetero) is 1. The van der Waals surface area contributed by atoms with Crippen molar-refractivity contribution in [3.63, 3.8) is 0 Å². The number of hydrogen-bond acceptors (Lipinski definition) is 8. The van der Waals surface area contributed by atoms with E-state index in [0.29, 0.717) is 45.3 Å². The minimum Gasteiger partial charge on any atom is -0.496 e. The number of carbonyl (C=O) groups is 3. The minimum atomic E-state index is -5.27. The number of hydrogen-bond donors (Lipinski definition) is 3. The van der Waals surface area contributed by atoms with Crippen molar-refractivity contribution in [2.24, 2.45) is 0 Å². The monoisotopic (exact) mass is 716 g/mol. The number of piperidine rings is 1. The molecule has 47 heavy (non-hydrogen) atoms. The average molecular weight is 717 g/mol. The second-order valence-corrected chi connectivity index (χ2v) is 12.5. The summed E-state index contributed by atoms with van der Waals surface area (Å²) >= 11 is 0. The van der Waals surface area contributed by atoms with Crippen LogP contribution in [0.1, 0.15) is 53.6 Å². The Labute approximate surface area is 271 Å². The molecule has 3 amide bonds. The van der Waals surface area contributed by atoms with Crippen LogP contribution in [0.15, 0.2) is 35.2 Å². The Morgan fingerprint density at radius 2 is 1.49 bits per heavy atom. The zero-order valence-electron chi connectivity index (χ0n) is 24.9. The van der Waals surface area contributed by atoms with E-state index in [4.69, 9.17) is 9.47 Å². The minimum absolute atomic E-state index is 0. The molecule has 4 rings (SSSR count). The number of likely N-dealkylation sites (tertiary alicyclic amines) is 1. The molecule has 260 valence electrons. The van der Waals surface area contributed by atoms with Crippen LogP contribution in [0.5, 0.6) is 11.5 Å². The number of carbonyl (C=O) groups excluding carboxylic acids is 3. The molecular formula is C28H31ClF6N4O7S. The van der Waals surface area contributed by atoms with E-state index in [-0.39, 0.29) is 60.0 Å². The van der Waals surface area contributed by atoms with Crippen LogP contribution in [0.25, 0.3) is 0 Å². The fourth-order valence-corrected chi connectivity index (χ4v) is 6.41. The Morgan fingerprint density at radius 1 is 0.915 bits per heavy atom. The van der Waals surface area contributed by atoms with Gasteiger partial charge in [0, 0.05) is 25.6 Å². The lowest BCUT2D eigenvalue weighted by Gasteiger charge is -2.36. The fraction of sp³-hybridized carbons (Fsp3) is 0.464. The molecule has 0 bridgehead atoms. The van der Waals surface area contributed by atoms with Gasteiger partial charge in [0.1, 0.15) is 17.0 Å². The van der Waals surface area contributed by atoms with E-state index in [9.17, 15) is 49.1 Å². The third-order valence-electron chi connectivity index (χ3n) is 7.79. The zero-order valence-corrected chi connectivity index (χ0v) is 26.6. The number of nitrogens with zero attached hydrogens (tertiary/aromatic N) is 1. The summed E-state index contributed by atoms with van der Waals surface area (Å²) in [5.41, 5.74) is -5.05. The van der Waals surface area contributed by atoms with Crippen LogP contribution in [-0.2, 0) is 27.2 Å². The lowest BCUT2D eigenvalue weighted by molar-refractivity contribution is -0.143. The smallest absolute Gasteiger partial charge is 0.416 e. The molecule has 2 aliphatic heterocycles. The highest BCUT2D eigenvalue weighted by Gasteiger charge is 2.47. The van der Waals surface area contributed by atoms with Gasteiger partial charge in [-0.05, 0) is 56.5 Å². The van der Waals surface area contributed by atoms with E-state index in [1.54, 1.807) is 0 Å². The quantitative estimate of drug-likeness (QED) is 0.128. The van der Waals surface area contributed by atoms with Crippen molar-refractivity contribution in [1.82, 2.24) is 15.5 Å². The number of nitrogens with one attached hydrogen (secondary N) is 3. The average Bonchev–Trinajstić information content (AvgIpc) is 3.26. The number of ether oxygens (including phenoxy) is 2. The first kappa shape index (κ1) is 37.7. The van der Waals surface area contributed by atoms with Gasteiger partial charge in [0.15, 0.2) is 5.78 Å². The van der Waals surface area contributed by atoms with Crippen LogP contribution < -0.4 is 24.8 Å². The van der Waals surface area contributed by atoms with Gasteiger partial charge in [0.2, 0.25) is 0 Å². The molecule has 2 saturated heterocycles. The lowest BCUT2D eigenvalue weighted by Crippen LogP contribution is -2.54. The van der Waals surface area contributed by atoms with Gasteiger partial charge in [-0.25, -0.2) is 13.2 Å². The van der Waals surface area contributed by atoms with Gasteiger partial charge in [-0.1, -0.05) is 0 Å². The molecule has 0 aliphatic carbocycles. The van der Waals surface area contributed by atoms with E-state index in [2.05, 4.69) is 15.5 Å². The Balaban J connectivity index is 0.00000600. The maximum absolute atomic E-state index is 13.3. The molecule has 0 saturated carbocycles. The summed E-state index contributed by atoms with van der Waals surface area (Å²) in [6, 6.07) is 1.63. The molecule has 11 nitrogen and oxygen atoms in total. The maximum Gasteiger partial charge on any atom is 0.416 e. The number of anilines is 1. The Bertz CT molecular complexity index is 1600. The van der Waals surface area contributed by atoms with Gasteiger partial charge in [-0.2, -0.15) is 26.3 Å². The van der Waals surface area contributed by atoms with E-state index >= 15 is 0 Å². The molecule has 0 unspecified atom stereocenters. The third kappa shape index (κ3) is 8.58. The number of unbranched alkanes of at least 4 members (excludes halogenated alkanes) is 1. The predicted octanol–water partition coefficient (Wildman–Crippen LogP) is 4.99. The fourth-order valence-electron chi connectivity index (χ4n) is 5.28. The van der Waals surface area contributed by atoms with Crippen molar-refractivity contribution in [3.8, 4) is 11.5 Å². The first-order chi connectivity index (χ1) is 21.4. The first-order valence-electron chi connectivity index (χ1n) is 13.9. The highest BCUT2D eigenvalue weighted by molar-refractivity contribution is 7.92. The Hall–Kier alpha value is -3.77. The van der Waals surface area contributed by atoms with Crippen LogP contribution in [0, 0.1) is 0 Å². The second-order valence-electron chi connectivity index (χ2n) is 10.8. The first-order valence-corrected chi connectivity index (χ1v) is 15.3. The Kier molecular flexibility index (Phi) is 11.3. The van der Waals surface area contributed by atoms with Crippen LogP contribution in [0.3, 0.4) is 0 Å². The van der Waals surface area contributed by atoms with Crippen LogP contribution >= 0.6 is 12.4 Å². The second kappa shape index (κ2) is 14.1. The Morgan fingerprint density at radius 3 is 1.98 bits per heavy atom. The molecule has 0 aromatic heterocycles. The van der Waals surface area contributed by atoms with E-state index in [1.165, 1.54) is 13.2 Å². The summed E-state index contributed by atoms with van der Waals surface area (Å²) in [6.07, 6.45) is -8.71. The van der Waals surface area contributed by atoms with Gasteiger partial charge in [-0.3, -0.25) is 19.6 Å². The van der Waals surface area contributed by atoms with Crippen molar-refractivity contribution >= 4 is 45.8 Å². The number of amides is 3. The summed E-state index contributed by atoms with van der Waals surface area (Å²) in [4.78, 5) is 37.6. The van der Waals surface area contributed by atoms with E-state index in [0.717, 1.165) is 13.2 Å². The largest absolute Gasteiger partial charge is 0.496 e. The number of halogens is 7. The zero-order chi connectivity index (χ0) is 34.1. The summed E-state index contributed by atoms with van der Waals surface area (Å²) in [5.74, 6) is -1.03. The van der Waals surface area contributed by atoms with Crippen LogP contribution in [-0.4, -0.2) is 70.4 Å². The number of ketones is 1. The molecule has 2 aromatic carbocycles. The molecule has 2 fully saturated rings. The summed E-state index contributed by atoms with van der Waals surface area (Å²) in [7, 11) is -2.68. The van der Waals surface area contributed by atoms with Gasteiger partial charge >= 0.3 is 18.4 Å². The molecule has 0 atom stereocenters. The molecule has 3 N–H and O–H groups in total. The number of urea groups is 1. The number of benzene rings is 2. The van der Waals surface area contributed by atoms with Crippen LogP contribution in [0.2, 0.25) is 0 Å². The van der Waals surface area contributed by atoms with Crippen LogP contribution in [0.4, 0.5) is 36.8 Å². The molecule has 0 radical (unpaired) electrons. The highest BCUT2D eigenvalue weighted by atomic mass is 35.5. The van der Waals surface area contributed by atoms with E-state index in [1.807, 2.05) is 4.72 Å². The number of methoxy groups -OCH3 is 2. The van der Waals surface area contributed by atoms with Gasteiger partial charge in [-0.15, -0.1) is 12.4 Å². The number of imide groups is 1. The number of rotatable bonds is 11. The predicted molar refractivity (Wildman–Crippen MR) is 157 cm³/mol. The van der Waals surface area contributed by atoms with Crippen molar-refractivity contribution in [1.29, 1.82) is 0 Å². The number of alkyl halides is 6. The van der Waals surface area contributed by atoms with Crippen molar-refractivity contribution < 1.29 is 58.6 Å². The van der Waals surface area contributed by atoms with E-state index < -0.39 is 61.4 Å². The topological polar surface area (TPSA) is 143 Å². The molecule has 2 heterocycles. The van der Waals surface area contributed by atoms with Gasteiger partial charge in [0.05, 0.1) is 41.5 Å². The van der Waals surface area contributed by atoms with Crippen molar-refractivity contribution in [3.05, 3.63) is 47.0 Å². The molecular weight excluding hydrogens is 686 g/mol. The molecule has 2 aliphatic rings. The SMILES string of the molecule is COc1cc(OC)c(C(=O)CCCCN2CCC3(CC2)NC(=O)NC3=O)cc1NS(=O)(=O)c1cc(C(F)(F)F)cc(C(F)(F)F)c1.Cl. The summed E-state index contributed by atoms with van der Waals surface area (Å²) in [6.45, 7) is 1.70. The third-order valence-corrected chi connectivity index (χ3v) is 9.14. The molecule has 1 spiro atoms. The van der Waals surface area contributed by atoms with Gasteiger partial charge in [0.25, 0.3) is 15.9 Å². The van der Waals surface area contributed by atoms with Crippen molar-refractivity contribution in [2.45, 2.75) is 54.9 Å². The van der Waals surface area contributed by atoms with Gasteiger partial charge < -0.3 is 19.7 Å². The maximum atomic E-state index is 13.3. The summed E-state index contributed by atoms with van der Waals surface area (Å²) in [5, 5.41) is 4.92. The number of sulfonamides is 1. The standard InChI is InChI=1S/C28H30F6N4O7S.ClH/c1-44-22-15-23(45-2)20(37-46(42,43)18-12-16(27(29,30)31)11-17(13-18)28(32,33)34)14-19(22)21(39)5-3-4-8-38-9-6-26(7-10-38)24(40)35-25(41)36-26;/h11-15,37H,3-10H2,1-2H3,(H2,35,36,40,41);1H. The molecule has 2 aromatic rings. The normalized spacial score (nSPS) is 16.7. The lowest BCUT2D eigenvalue weighted by atomic mass is 9.87. The molecule has 19 heteroatoms. The summed E-state index contributed by atoms with van der Waals surface area (Å²) < 4.78 is 118. The highest BCUT2D eigenvalue weighted by Crippen LogP contribution is 2.39.